The first-order valence-corrected chi connectivity index (χ1v) is 19.4. The number of amides is 1. The molecule has 0 radical (unpaired) electrons. The van der Waals surface area contributed by atoms with E-state index in [1.165, 1.54) is 6.20 Å². The fourth-order valence-electron chi connectivity index (χ4n) is 6.91. The zero-order valence-corrected chi connectivity index (χ0v) is 32.8. The summed E-state index contributed by atoms with van der Waals surface area (Å²) in [5, 5.41) is 13.0. The van der Waals surface area contributed by atoms with E-state index in [9.17, 15) is 19.2 Å². The van der Waals surface area contributed by atoms with Crippen molar-refractivity contribution in [2.45, 2.75) is 58.2 Å². The van der Waals surface area contributed by atoms with Crippen LogP contribution in [0, 0.1) is 5.92 Å². The summed E-state index contributed by atoms with van der Waals surface area (Å²) in [4.78, 5) is 64.6. The van der Waals surface area contributed by atoms with Crippen molar-refractivity contribution in [2.24, 2.45) is 5.92 Å². The molecule has 296 valence electrons. The second-order valence-electron chi connectivity index (χ2n) is 14.4. The molecule has 3 aliphatic rings. The Morgan fingerprint density at radius 1 is 1.00 bits per heavy atom. The molecule has 0 fully saturated rings. The zero-order chi connectivity index (χ0) is 40.8. The van der Waals surface area contributed by atoms with Crippen LogP contribution < -0.4 is 32.6 Å². The van der Waals surface area contributed by atoms with Gasteiger partial charge in [-0.1, -0.05) is 29.9 Å². The predicted octanol–water partition coefficient (Wildman–Crippen LogP) is 5.45. The lowest BCUT2D eigenvalue weighted by molar-refractivity contribution is -0.119. The van der Waals surface area contributed by atoms with Gasteiger partial charge >= 0.3 is 0 Å². The van der Waals surface area contributed by atoms with Gasteiger partial charge in [0.25, 0.3) is 11.5 Å². The highest BCUT2D eigenvalue weighted by molar-refractivity contribution is 7.80. The average Bonchev–Trinajstić information content (AvgIpc) is 3.20. The molecule has 0 spiro atoms. The van der Waals surface area contributed by atoms with E-state index >= 15 is 0 Å². The molecule has 3 atom stereocenters. The Morgan fingerprint density at radius 3 is 2.57 bits per heavy atom. The first-order chi connectivity index (χ1) is 28.0. The number of allylic oxidation sites excluding steroid dienone is 5. The van der Waals surface area contributed by atoms with Gasteiger partial charge in [0.1, 0.15) is 17.6 Å². The first-order valence-electron chi connectivity index (χ1n) is 19.0. The number of ether oxygens (including phenoxy) is 1. The molecule has 3 unspecified atom stereocenters. The quantitative estimate of drug-likeness (QED) is 0.0695. The molecule has 0 saturated heterocycles. The number of carbonyl (C=O) groups is 3. The number of nitrogens with zero attached hydrogens (tertiary/aromatic N) is 3. The largest absolute Gasteiger partial charge is 0.485 e. The van der Waals surface area contributed by atoms with Crippen LogP contribution in [0.3, 0.4) is 0 Å². The molecular weight excluding hydrogens is 755 g/mol. The van der Waals surface area contributed by atoms with Crippen LogP contribution in [0.4, 0.5) is 17.3 Å². The van der Waals surface area contributed by atoms with E-state index < -0.39 is 5.56 Å². The summed E-state index contributed by atoms with van der Waals surface area (Å²) in [7, 11) is 0. The van der Waals surface area contributed by atoms with Gasteiger partial charge in [-0.05, 0) is 105 Å². The van der Waals surface area contributed by atoms with Gasteiger partial charge in [0, 0.05) is 59.9 Å². The molecule has 1 aliphatic heterocycles. The summed E-state index contributed by atoms with van der Waals surface area (Å²) in [6, 6.07) is 14.8. The summed E-state index contributed by atoms with van der Waals surface area (Å²) >= 11 is 5.51. The number of nitrogens with one attached hydrogen (secondary N) is 5. The lowest BCUT2D eigenvalue weighted by atomic mass is 9.78. The monoisotopic (exact) mass is 797 g/mol. The zero-order valence-electron chi connectivity index (χ0n) is 32.0. The van der Waals surface area contributed by atoms with E-state index in [2.05, 4.69) is 59.4 Å². The van der Waals surface area contributed by atoms with Crippen molar-refractivity contribution in [3.63, 3.8) is 0 Å². The van der Waals surface area contributed by atoms with E-state index in [1.54, 1.807) is 36.4 Å². The van der Waals surface area contributed by atoms with Crippen molar-refractivity contribution in [1.29, 1.82) is 0 Å². The van der Waals surface area contributed by atoms with Gasteiger partial charge in [-0.2, -0.15) is 4.98 Å². The van der Waals surface area contributed by atoms with E-state index in [0.717, 1.165) is 33.7 Å². The van der Waals surface area contributed by atoms with E-state index in [0.29, 0.717) is 60.9 Å². The van der Waals surface area contributed by atoms with Gasteiger partial charge in [0.15, 0.2) is 22.1 Å². The van der Waals surface area contributed by atoms with E-state index in [4.69, 9.17) is 22.7 Å². The number of ketones is 2. The smallest absolute Gasteiger partial charge is 0.280 e. The molecule has 1 amide bonds. The number of thiocarbonyl (C=S) groups is 1. The maximum atomic E-state index is 12.9. The number of H-pyrrole nitrogens is 1. The van der Waals surface area contributed by atoms with Crippen molar-refractivity contribution in [2.75, 3.05) is 22.9 Å². The Kier molecular flexibility index (Phi) is 12.0. The lowest BCUT2D eigenvalue weighted by Crippen LogP contribution is -2.33. The van der Waals surface area contributed by atoms with Crippen molar-refractivity contribution in [3.05, 3.63) is 135 Å². The first kappa shape index (κ1) is 39.5. The van der Waals surface area contributed by atoms with Crippen LogP contribution in [-0.4, -0.2) is 61.2 Å². The van der Waals surface area contributed by atoms with Crippen LogP contribution in [0.1, 0.15) is 61.1 Å². The summed E-state index contributed by atoms with van der Waals surface area (Å²) in [5.74, 6) is 0.403. The van der Waals surface area contributed by atoms with Crippen molar-refractivity contribution < 1.29 is 19.1 Å². The Balaban J connectivity index is 0.801. The summed E-state index contributed by atoms with van der Waals surface area (Å²) in [6.07, 6.45) is 14.6. The highest BCUT2D eigenvalue weighted by Gasteiger charge is 2.35. The minimum absolute atomic E-state index is 0.0229. The fourth-order valence-corrected chi connectivity index (χ4v) is 7.13. The maximum Gasteiger partial charge on any atom is 0.280 e. The number of Topliss-reactive ketones (excluding diaryl/α,β-unsaturated/α-hetero) is 1. The number of hydrogen-bond donors (Lipinski definition) is 6. The molecule has 7 rings (SSSR count). The second kappa shape index (κ2) is 17.6. The molecule has 15 heteroatoms. The number of rotatable bonds is 14. The van der Waals surface area contributed by atoms with E-state index in [1.807, 2.05) is 44.2 Å². The molecular formula is C43H43N9O5S. The predicted molar refractivity (Wildman–Crippen MR) is 228 cm³/mol. The minimum Gasteiger partial charge on any atom is -0.485 e. The molecule has 2 aromatic heterocycles. The van der Waals surface area contributed by atoms with Crippen LogP contribution in [0.5, 0.6) is 0 Å². The topological polar surface area (TPSA) is 206 Å². The minimum atomic E-state index is -0.461. The van der Waals surface area contributed by atoms with Crippen LogP contribution in [0.15, 0.2) is 113 Å². The maximum absolute atomic E-state index is 12.9. The number of nitrogens with two attached hydrogens (primary N) is 1. The fraction of sp³-hybridized carbons (Fsp3) is 0.256. The molecule has 58 heavy (non-hydrogen) atoms. The number of nitrogen functional groups attached to an aromatic ring is 1. The number of hydrogen-bond acceptors (Lipinski definition) is 11. The van der Waals surface area contributed by atoms with Gasteiger partial charge in [0.05, 0.1) is 18.4 Å². The standard InChI is InChI=1S/C43H43N9O5S/c1-24-5-17-33-35(20-24)57-36-21-32(54)16-18-34(36)37(33)26-7-13-29(14-8-26)50-43(58)45-19-3-4-31(53)15-6-25(2)48-40(55)27-9-11-28(12-10-27)46-22-30-23-47-39-38(49-30)41(56)52-42(44)51-39/h5,7-14,16-18,20-21,23,25,33,35,46H,3-4,6,15,19,22H2,1-2H3,(H,48,55)(H2,45,50,58)(H3,44,47,51,52,56). The third-order valence-electron chi connectivity index (χ3n) is 9.90. The van der Waals surface area contributed by atoms with Gasteiger partial charge in [0.2, 0.25) is 5.95 Å². The summed E-state index contributed by atoms with van der Waals surface area (Å²) < 4.78 is 6.22. The van der Waals surface area contributed by atoms with Gasteiger partial charge in [-0.15, -0.1) is 0 Å². The van der Waals surface area contributed by atoms with Crippen LogP contribution in [-0.2, 0) is 20.9 Å². The SMILES string of the molecule is CC1=CC2OC3=CC(=O)C=CC3=C(c3ccc(NC(=S)NCCCC(=O)CCC(C)NC(=O)c4ccc(NCc5cnc6nc(N)[nH]c(=O)c6n5)cc4)cc3)C2C=C1. The Morgan fingerprint density at radius 2 is 1.78 bits per heavy atom. The van der Waals surface area contributed by atoms with Crippen LogP contribution >= 0.6 is 12.2 Å². The van der Waals surface area contributed by atoms with Crippen LogP contribution in [0.2, 0.25) is 0 Å². The number of benzene rings is 2. The molecule has 4 aromatic rings. The Bertz CT molecular complexity index is 2490. The third kappa shape index (κ3) is 9.61. The lowest BCUT2D eigenvalue weighted by Gasteiger charge is -2.36. The van der Waals surface area contributed by atoms with Crippen molar-refractivity contribution in [1.82, 2.24) is 30.6 Å². The molecule has 0 bridgehead atoms. The Hall–Kier alpha value is -6.74. The number of fused-ring (bicyclic) bond motifs is 3. The van der Waals surface area contributed by atoms with Gasteiger partial charge in [-0.3, -0.25) is 24.2 Å². The van der Waals surface area contributed by atoms with Gasteiger partial charge in [-0.25, -0.2) is 9.97 Å². The Labute approximate surface area is 339 Å². The summed E-state index contributed by atoms with van der Waals surface area (Å²) in [6.45, 7) is 4.75. The molecule has 2 aromatic carbocycles. The van der Waals surface area contributed by atoms with Gasteiger partial charge < -0.3 is 31.7 Å². The average molecular weight is 798 g/mol. The number of anilines is 3. The second-order valence-corrected chi connectivity index (χ2v) is 14.8. The molecule has 0 saturated carbocycles. The van der Waals surface area contributed by atoms with Crippen molar-refractivity contribution in [3.8, 4) is 0 Å². The molecule has 3 heterocycles. The van der Waals surface area contributed by atoms with E-state index in [-0.39, 0.29) is 52.6 Å². The highest BCUT2D eigenvalue weighted by atomic mass is 32.1. The molecule has 7 N–H and O–H groups in total. The molecule has 14 nitrogen and oxygen atoms in total. The summed E-state index contributed by atoms with van der Waals surface area (Å²) in [5.41, 5.74) is 12.2. The highest BCUT2D eigenvalue weighted by Crippen LogP contribution is 2.44. The third-order valence-corrected chi connectivity index (χ3v) is 10.1. The normalized spacial score (nSPS) is 17.3. The number of aromatic nitrogens is 4. The number of carbonyl (C=O) groups excluding carboxylic acids is 3. The van der Waals surface area contributed by atoms with Crippen molar-refractivity contribution >= 4 is 68.9 Å². The van der Waals surface area contributed by atoms with Crippen LogP contribution in [0.25, 0.3) is 16.7 Å². The number of aromatic amines is 1. The molecule has 2 aliphatic carbocycles.